The van der Waals surface area contributed by atoms with Crippen LogP contribution in [0, 0.1) is 11.8 Å². The number of ketones is 1. The Kier molecular flexibility index (Phi) is 3.69. The topological polar surface area (TPSA) is 43.4 Å². The molecule has 1 aliphatic heterocycles. The maximum absolute atomic E-state index is 11.8. The molecule has 1 aliphatic carbocycles. The average Bonchev–Trinajstić information content (AvgIpc) is 2.58. The van der Waals surface area contributed by atoms with E-state index in [1.165, 1.54) is 0 Å². The fourth-order valence-electron chi connectivity index (χ4n) is 2.69. The van der Waals surface area contributed by atoms with Gasteiger partial charge in [-0.2, -0.15) is 0 Å². The van der Waals surface area contributed by atoms with Crippen LogP contribution in [0.3, 0.4) is 0 Å². The molecule has 1 heterocycles. The van der Waals surface area contributed by atoms with Crippen molar-refractivity contribution in [2.75, 3.05) is 0 Å². The number of hydrogen-bond acceptors (Lipinski definition) is 3. The standard InChI is InChI=1S/C15H20O3/c1-9-4-7-13(16)10(2)5-6-12-11(3)15(17)18-14(12)8-9/h8,11-12,14H,2,4-7H2,1,3H3/b9-8+/t11?,12?,14-/m1/s1. The summed E-state index contributed by atoms with van der Waals surface area (Å²) in [6.45, 7) is 7.76. The average molecular weight is 248 g/mol. The number of Topliss-reactive ketones (excluding diaryl/α,β-unsaturated/α-hetero) is 1. The molecule has 3 nitrogen and oxygen atoms in total. The Balaban J connectivity index is 2.23. The van der Waals surface area contributed by atoms with Crippen LogP contribution in [-0.2, 0) is 14.3 Å². The van der Waals surface area contributed by atoms with Crippen molar-refractivity contribution in [3.63, 3.8) is 0 Å². The Labute approximate surface area is 108 Å². The first-order chi connectivity index (χ1) is 8.49. The summed E-state index contributed by atoms with van der Waals surface area (Å²) in [6, 6.07) is 0. The van der Waals surface area contributed by atoms with Gasteiger partial charge in [-0.05, 0) is 37.8 Å². The molecule has 2 aliphatic rings. The van der Waals surface area contributed by atoms with Crippen molar-refractivity contribution in [2.24, 2.45) is 11.8 Å². The van der Waals surface area contributed by atoms with Crippen molar-refractivity contribution in [2.45, 2.75) is 45.6 Å². The molecule has 18 heavy (non-hydrogen) atoms. The van der Waals surface area contributed by atoms with E-state index in [1.54, 1.807) is 0 Å². The van der Waals surface area contributed by atoms with Crippen LogP contribution in [0.1, 0.15) is 39.5 Å². The Bertz CT molecular complexity index is 419. The Morgan fingerprint density at radius 1 is 1.28 bits per heavy atom. The highest BCUT2D eigenvalue weighted by molar-refractivity contribution is 5.94. The molecule has 0 aromatic carbocycles. The molecule has 0 aromatic heterocycles. The van der Waals surface area contributed by atoms with Gasteiger partial charge in [0.25, 0.3) is 0 Å². The highest BCUT2D eigenvalue weighted by atomic mass is 16.6. The summed E-state index contributed by atoms with van der Waals surface area (Å²) in [5.41, 5.74) is 1.81. The van der Waals surface area contributed by atoms with Crippen LogP contribution >= 0.6 is 0 Å². The summed E-state index contributed by atoms with van der Waals surface area (Å²) in [6.07, 6.45) is 4.62. The highest BCUT2D eigenvalue weighted by Gasteiger charge is 2.40. The highest BCUT2D eigenvalue weighted by Crippen LogP contribution is 2.35. The van der Waals surface area contributed by atoms with Crippen molar-refractivity contribution in [1.29, 1.82) is 0 Å². The number of hydrogen-bond donors (Lipinski definition) is 0. The molecule has 0 bridgehead atoms. The minimum Gasteiger partial charge on any atom is -0.458 e. The zero-order valence-electron chi connectivity index (χ0n) is 11.1. The second-order valence-electron chi connectivity index (χ2n) is 5.43. The Morgan fingerprint density at radius 3 is 2.72 bits per heavy atom. The first-order valence-corrected chi connectivity index (χ1v) is 6.58. The van der Waals surface area contributed by atoms with E-state index >= 15 is 0 Å². The number of rotatable bonds is 0. The van der Waals surface area contributed by atoms with Gasteiger partial charge in [-0.1, -0.05) is 19.1 Å². The molecule has 2 unspecified atom stereocenters. The minimum atomic E-state index is -0.120. The number of allylic oxidation sites excluding steroid dienone is 2. The number of carbonyl (C=O) groups excluding carboxylic acids is 2. The van der Waals surface area contributed by atoms with E-state index in [0.717, 1.165) is 18.4 Å². The molecule has 2 rings (SSSR count). The third-order valence-electron chi connectivity index (χ3n) is 4.06. The summed E-state index contributed by atoms with van der Waals surface area (Å²) in [7, 11) is 0. The number of fused-ring (bicyclic) bond motifs is 1. The molecule has 1 saturated heterocycles. The molecule has 0 saturated carbocycles. The summed E-state index contributed by atoms with van der Waals surface area (Å²) < 4.78 is 5.41. The molecule has 3 atom stereocenters. The molecule has 98 valence electrons. The van der Waals surface area contributed by atoms with Gasteiger partial charge in [0.05, 0.1) is 5.92 Å². The summed E-state index contributed by atoms with van der Waals surface area (Å²) in [4.78, 5) is 23.4. The molecular formula is C15H20O3. The fraction of sp³-hybridized carbons (Fsp3) is 0.600. The van der Waals surface area contributed by atoms with Crippen molar-refractivity contribution in [3.8, 4) is 0 Å². The van der Waals surface area contributed by atoms with Gasteiger partial charge in [0.2, 0.25) is 0 Å². The molecule has 0 spiro atoms. The summed E-state index contributed by atoms with van der Waals surface area (Å²) in [5, 5.41) is 0. The van der Waals surface area contributed by atoms with Gasteiger partial charge in [-0.25, -0.2) is 0 Å². The fourth-order valence-corrected chi connectivity index (χ4v) is 2.69. The predicted octanol–water partition coefficient (Wildman–Crippen LogP) is 2.81. The Morgan fingerprint density at radius 2 is 2.00 bits per heavy atom. The van der Waals surface area contributed by atoms with Crippen molar-refractivity contribution >= 4 is 11.8 Å². The summed E-state index contributed by atoms with van der Waals surface area (Å²) >= 11 is 0. The van der Waals surface area contributed by atoms with Crippen LogP contribution in [-0.4, -0.2) is 17.9 Å². The van der Waals surface area contributed by atoms with Crippen molar-refractivity contribution in [3.05, 3.63) is 23.8 Å². The zero-order valence-corrected chi connectivity index (χ0v) is 11.1. The monoisotopic (exact) mass is 248 g/mol. The lowest BCUT2D eigenvalue weighted by Crippen LogP contribution is -2.20. The maximum Gasteiger partial charge on any atom is 0.309 e. The van der Waals surface area contributed by atoms with Gasteiger partial charge in [0, 0.05) is 12.3 Å². The first kappa shape index (κ1) is 13.1. The van der Waals surface area contributed by atoms with E-state index in [0.29, 0.717) is 18.4 Å². The summed E-state index contributed by atoms with van der Waals surface area (Å²) in [5.74, 6) is 0.126. The SMILES string of the molecule is C=C1CCC2C(C)C(=O)O[C@@H]2/C=C(\C)CCC1=O. The van der Waals surface area contributed by atoms with Gasteiger partial charge in [0.1, 0.15) is 6.10 Å². The van der Waals surface area contributed by atoms with Crippen LogP contribution in [0.2, 0.25) is 0 Å². The van der Waals surface area contributed by atoms with E-state index < -0.39 is 0 Å². The number of carbonyl (C=O) groups is 2. The van der Waals surface area contributed by atoms with Gasteiger partial charge in [0.15, 0.2) is 5.78 Å². The molecule has 1 fully saturated rings. The van der Waals surface area contributed by atoms with Crippen LogP contribution in [0.25, 0.3) is 0 Å². The molecule has 0 N–H and O–H groups in total. The minimum absolute atomic E-state index is 0.0821. The van der Waals surface area contributed by atoms with E-state index in [4.69, 9.17) is 4.74 Å². The van der Waals surface area contributed by atoms with Crippen LogP contribution in [0.4, 0.5) is 0 Å². The van der Waals surface area contributed by atoms with Gasteiger partial charge >= 0.3 is 5.97 Å². The molecular weight excluding hydrogens is 228 g/mol. The van der Waals surface area contributed by atoms with E-state index in [2.05, 4.69) is 6.58 Å². The van der Waals surface area contributed by atoms with Crippen LogP contribution in [0.15, 0.2) is 23.8 Å². The Hall–Kier alpha value is -1.38. The van der Waals surface area contributed by atoms with Crippen molar-refractivity contribution in [1.82, 2.24) is 0 Å². The quantitative estimate of drug-likeness (QED) is 0.376. The lowest BCUT2D eigenvalue weighted by molar-refractivity contribution is -0.142. The van der Waals surface area contributed by atoms with E-state index in [1.807, 2.05) is 19.9 Å². The van der Waals surface area contributed by atoms with E-state index in [-0.39, 0.29) is 29.7 Å². The van der Waals surface area contributed by atoms with Crippen molar-refractivity contribution < 1.29 is 14.3 Å². The molecule has 0 radical (unpaired) electrons. The second-order valence-corrected chi connectivity index (χ2v) is 5.43. The van der Waals surface area contributed by atoms with Crippen LogP contribution in [0.5, 0.6) is 0 Å². The van der Waals surface area contributed by atoms with Crippen LogP contribution < -0.4 is 0 Å². The third-order valence-corrected chi connectivity index (χ3v) is 4.06. The second kappa shape index (κ2) is 5.09. The van der Waals surface area contributed by atoms with Gasteiger partial charge in [-0.15, -0.1) is 0 Å². The molecule has 0 aromatic rings. The lowest BCUT2D eigenvalue weighted by Gasteiger charge is -2.19. The smallest absolute Gasteiger partial charge is 0.309 e. The maximum atomic E-state index is 11.8. The third kappa shape index (κ3) is 2.55. The van der Waals surface area contributed by atoms with Gasteiger partial charge in [-0.3, -0.25) is 9.59 Å². The number of ether oxygens (including phenoxy) is 1. The first-order valence-electron chi connectivity index (χ1n) is 6.58. The normalized spacial score (nSPS) is 36.7. The predicted molar refractivity (Wildman–Crippen MR) is 68.9 cm³/mol. The molecule has 3 heteroatoms. The van der Waals surface area contributed by atoms with E-state index in [9.17, 15) is 9.59 Å². The zero-order chi connectivity index (χ0) is 13.3. The molecule has 0 amide bonds. The lowest BCUT2D eigenvalue weighted by atomic mass is 9.84. The largest absolute Gasteiger partial charge is 0.458 e. The van der Waals surface area contributed by atoms with Gasteiger partial charge < -0.3 is 4.74 Å². The number of esters is 1.